The number of methoxy groups -OCH3 is 1. The number of nitrogens with zero attached hydrogens (tertiary/aromatic N) is 1. The fourth-order valence-corrected chi connectivity index (χ4v) is 1.31. The van der Waals surface area contributed by atoms with Gasteiger partial charge in [0, 0.05) is 6.54 Å². The average molecular weight is 209 g/mol. The Balaban J connectivity index is 2.37. The summed E-state index contributed by atoms with van der Waals surface area (Å²) in [7, 11) is 3.60. The maximum Gasteiger partial charge on any atom is 0.137 e. The third-order valence-corrected chi connectivity index (χ3v) is 2.16. The van der Waals surface area contributed by atoms with Crippen LogP contribution in [0.2, 0.25) is 0 Å². The molecule has 4 heteroatoms. The van der Waals surface area contributed by atoms with Gasteiger partial charge < -0.3 is 15.4 Å². The Morgan fingerprint density at radius 2 is 2.20 bits per heavy atom. The SMILES string of the molecule is CNCC(C)CNc1ccc(OC)cn1. The fraction of sp³-hybridized carbons (Fsp3) is 0.545. The van der Waals surface area contributed by atoms with Crippen LogP contribution in [0.25, 0.3) is 0 Å². The largest absolute Gasteiger partial charge is 0.495 e. The molecular weight excluding hydrogens is 190 g/mol. The Labute approximate surface area is 91.1 Å². The van der Waals surface area contributed by atoms with Crippen LogP contribution in [0.15, 0.2) is 18.3 Å². The number of rotatable bonds is 6. The molecule has 2 N–H and O–H groups in total. The lowest BCUT2D eigenvalue weighted by molar-refractivity contribution is 0.413. The first-order valence-electron chi connectivity index (χ1n) is 5.14. The van der Waals surface area contributed by atoms with Crippen molar-refractivity contribution in [2.75, 3.05) is 32.6 Å². The van der Waals surface area contributed by atoms with E-state index in [1.807, 2.05) is 19.2 Å². The van der Waals surface area contributed by atoms with Crippen molar-refractivity contribution in [3.63, 3.8) is 0 Å². The van der Waals surface area contributed by atoms with Gasteiger partial charge in [-0.05, 0) is 31.6 Å². The van der Waals surface area contributed by atoms with Gasteiger partial charge in [0.25, 0.3) is 0 Å². The third kappa shape index (κ3) is 4.16. The summed E-state index contributed by atoms with van der Waals surface area (Å²) < 4.78 is 5.03. The van der Waals surface area contributed by atoms with Crippen LogP contribution < -0.4 is 15.4 Å². The van der Waals surface area contributed by atoms with E-state index < -0.39 is 0 Å². The zero-order valence-corrected chi connectivity index (χ0v) is 9.58. The van der Waals surface area contributed by atoms with Gasteiger partial charge in [0.05, 0.1) is 13.3 Å². The van der Waals surface area contributed by atoms with E-state index in [4.69, 9.17) is 4.74 Å². The number of hydrogen-bond donors (Lipinski definition) is 2. The van der Waals surface area contributed by atoms with Gasteiger partial charge in [-0.1, -0.05) is 6.92 Å². The second-order valence-corrected chi connectivity index (χ2v) is 3.63. The molecule has 1 heterocycles. The van der Waals surface area contributed by atoms with E-state index in [0.29, 0.717) is 5.92 Å². The summed E-state index contributed by atoms with van der Waals surface area (Å²) in [5.74, 6) is 2.25. The van der Waals surface area contributed by atoms with E-state index in [2.05, 4.69) is 22.5 Å². The summed E-state index contributed by atoms with van der Waals surface area (Å²) in [6, 6.07) is 3.82. The highest BCUT2D eigenvalue weighted by Crippen LogP contribution is 2.11. The molecule has 0 saturated heterocycles. The molecule has 0 radical (unpaired) electrons. The van der Waals surface area contributed by atoms with E-state index in [1.165, 1.54) is 0 Å². The monoisotopic (exact) mass is 209 g/mol. The second-order valence-electron chi connectivity index (χ2n) is 3.63. The molecular formula is C11H19N3O. The van der Waals surface area contributed by atoms with Crippen molar-refractivity contribution in [3.8, 4) is 5.75 Å². The standard InChI is InChI=1S/C11H19N3O/c1-9(6-12-2)7-13-11-5-4-10(15-3)8-14-11/h4-5,8-9,12H,6-7H2,1-3H3,(H,13,14). The maximum atomic E-state index is 5.03. The molecule has 0 aliphatic rings. The minimum absolute atomic E-state index is 0.582. The van der Waals surface area contributed by atoms with Crippen LogP contribution in [0.5, 0.6) is 5.75 Å². The van der Waals surface area contributed by atoms with E-state index in [0.717, 1.165) is 24.7 Å². The van der Waals surface area contributed by atoms with Gasteiger partial charge >= 0.3 is 0 Å². The van der Waals surface area contributed by atoms with E-state index in [1.54, 1.807) is 13.3 Å². The van der Waals surface area contributed by atoms with Crippen molar-refractivity contribution in [2.24, 2.45) is 5.92 Å². The normalized spacial score (nSPS) is 12.2. The van der Waals surface area contributed by atoms with Crippen LogP contribution in [0.4, 0.5) is 5.82 Å². The molecule has 1 unspecified atom stereocenters. The molecule has 0 fully saturated rings. The zero-order chi connectivity index (χ0) is 11.1. The van der Waals surface area contributed by atoms with Crippen LogP contribution in [-0.4, -0.2) is 32.2 Å². The smallest absolute Gasteiger partial charge is 0.137 e. The third-order valence-electron chi connectivity index (χ3n) is 2.16. The maximum absolute atomic E-state index is 5.03. The Hall–Kier alpha value is -1.29. The van der Waals surface area contributed by atoms with Crippen molar-refractivity contribution in [3.05, 3.63) is 18.3 Å². The quantitative estimate of drug-likeness (QED) is 0.742. The minimum Gasteiger partial charge on any atom is -0.495 e. The van der Waals surface area contributed by atoms with Gasteiger partial charge in [0.1, 0.15) is 11.6 Å². The molecule has 0 bridgehead atoms. The van der Waals surface area contributed by atoms with Gasteiger partial charge in [-0.15, -0.1) is 0 Å². The molecule has 0 aliphatic heterocycles. The molecule has 0 saturated carbocycles. The van der Waals surface area contributed by atoms with Crippen LogP contribution in [0.3, 0.4) is 0 Å². The predicted molar refractivity (Wildman–Crippen MR) is 62.4 cm³/mol. The molecule has 0 aromatic carbocycles. The number of hydrogen-bond acceptors (Lipinski definition) is 4. The number of pyridine rings is 1. The minimum atomic E-state index is 0.582. The van der Waals surface area contributed by atoms with Crippen molar-refractivity contribution >= 4 is 5.82 Å². The van der Waals surface area contributed by atoms with E-state index in [-0.39, 0.29) is 0 Å². The first-order valence-corrected chi connectivity index (χ1v) is 5.14. The lowest BCUT2D eigenvalue weighted by Gasteiger charge is -2.12. The molecule has 15 heavy (non-hydrogen) atoms. The summed E-state index contributed by atoms with van der Waals surface area (Å²) in [5, 5.41) is 6.42. The number of anilines is 1. The molecule has 1 rings (SSSR count). The number of aromatic nitrogens is 1. The van der Waals surface area contributed by atoms with E-state index >= 15 is 0 Å². The first kappa shape index (κ1) is 11.8. The molecule has 1 atom stereocenters. The van der Waals surface area contributed by atoms with Crippen LogP contribution in [0.1, 0.15) is 6.92 Å². The van der Waals surface area contributed by atoms with Crippen molar-refractivity contribution in [2.45, 2.75) is 6.92 Å². The van der Waals surface area contributed by atoms with E-state index in [9.17, 15) is 0 Å². The highest BCUT2D eigenvalue weighted by atomic mass is 16.5. The lowest BCUT2D eigenvalue weighted by Crippen LogP contribution is -2.23. The Morgan fingerprint density at radius 3 is 2.73 bits per heavy atom. The highest BCUT2D eigenvalue weighted by Gasteiger charge is 2.00. The predicted octanol–water partition coefficient (Wildman–Crippen LogP) is 1.36. The number of ether oxygens (including phenoxy) is 1. The average Bonchev–Trinajstić information content (AvgIpc) is 2.27. The summed E-state index contributed by atoms with van der Waals surface area (Å²) in [6.07, 6.45) is 1.71. The van der Waals surface area contributed by atoms with Crippen LogP contribution in [0, 0.1) is 5.92 Å². The highest BCUT2D eigenvalue weighted by molar-refractivity contribution is 5.37. The number of nitrogens with one attached hydrogen (secondary N) is 2. The Kier molecular flexibility index (Phi) is 4.90. The van der Waals surface area contributed by atoms with Crippen molar-refractivity contribution in [1.29, 1.82) is 0 Å². The summed E-state index contributed by atoms with van der Waals surface area (Å²) >= 11 is 0. The topological polar surface area (TPSA) is 46.2 Å². The van der Waals surface area contributed by atoms with Gasteiger partial charge in [-0.3, -0.25) is 0 Å². The second kappa shape index (κ2) is 6.24. The van der Waals surface area contributed by atoms with Crippen molar-refractivity contribution < 1.29 is 4.74 Å². The van der Waals surface area contributed by atoms with Crippen LogP contribution in [-0.2, 0) is 0 Å². The van der Waals surface area contributed by atoms with Gasteiger partial charge in [-0.25, -0.2) is 4.98 Å². The van der Waals surface area contributed by atoms with Crippen LogP contribution >= 0.6 is 0 Å². The molecule has 1 aromatic heterocycles. The Morgan fingerprint density at radius 1 is 1.40 bits per heavy atom. The summed E-state index contributed by atoms with van der Waals surface area (Å²) in [4.78, 5) is 4.23. The van der Waals surface area contributed by atoms with Gasteiger partial charge in [0.15, 0.2) is 0 Å². The Bertz CT molecular complexity index is 274. The first-order chi connectivity index (χ1) is 7.26. The molecule has 0 amide bonds. The fourth-order valence-electron chi connectivity index (χ4n) is 1.31. The zero-order valence-electron chi connectivity index (χ0n) is 9.58. The molecule has 0 aliphatic carbocycles. The molecule has 0 spiro atoms. The molecule has 4 nitrogen and oxygen atoms in total. The van der Waals surface area contributed by atoms with Crippen molar-refractivity contribution in [1.82, 2.24) is 10.3 Å². The summed E-state index contributed by atoms with van der Waals surface area (Å²) in [6.45, 7) is 4.11. The molecule has 1 aromatic rings. The van der Waals surface area contributed by atoms with Gasteiger partial charge in [0.2, 0.25) is 0 Å². The lowest BCUT2D eigenvalue weighted by atomic mass is 10.2. The van der Waals surface area contributed by atoms with Gasteiger partial charge in [-0.2, -0.15) is 0 Å². The molecule has 84 valence electrons. The summed E-state index contributed by atoms with van der Waals surface area (Å²) in [5.41, 5.74) is 0.